The fourth-order valence-electron chi connectivity index (χ4n) is 2.40. The Balaban J connectivity index is 1.93. The fraction of sp³-hybridized carbons (Fsp3) is 0.625. The van der Waals surface area contributed by atoms with Crippen LogP contribution in [0.4, 0.5) is 0 Å². The second-order valence-corrected chi connectivity index (χ2v) is 5.86. The van der Waals surface area contributed by atoms with E-state index in [1.54, 1.807) is 0 Å². The average molecular weight is 232 g/mol. The van der Waals surface area contributed by atoms with Gasteiger partial charge in [0, 0.05) is 0 Å². The monoisotopic (exact) mass is 232 g/mol. The SMILES string of the molecule is CC(C)c1ccc(CC(O)C(C)C2CC2)cc1. The van der Waals surface area contributed by atoms with Crippen molar-refractivity contribution in [3.63, 3.8) is 0 Å². The van der Waals surface area contributed by atoms with Gasteiger partial charge in [-0.15, -0.1) is 0 Å². The van der Waals surface area contributed by atoms with Gasteiger partial charge in [-0.2, -0.15) is 0 Å². The highest BCUT2D eigenvalue weighted by atomic mass is 16.3. The zero-order valence-corrected chi connectivity index (χ0v) is 11.2. The minimum Gasteiger partial charge on any atom is -0.392 e. The first kappa shape index (κ1) is 12.6. The van der Waals surface area contributed by atoms with Crippen LogP contribution in [0.2, 0.25) is 0 Å². The first-order valence-electron chi connectivity index (χ1n) is 6.85. The van der Waals surface area contributed by atoms with Crippen LogP contribution in [0, 0.1) is 11.8 Å². The van der Waals surface area contributed by atoms with E-state index in [0.717, 1.165) is 12.3 Å². The summed E-state index contributed by atoms with van der Waals surface area (Å²) < 4.78 is 0. The Labute approximate surface area is 105 Å². The van der Waals surface area contributed by atoms with Crippen molar-refractivity contribution in [2.75, 3.05) is 0 Å². The van der Waals surface area contributed by atoms with Gasteiger partial charge < -0.3 is 5.11 Å². The molecule has 1 aromatic rings. The number of aliphatic hydroxyl groups is 1. The molecule has 1 aromatic carbocycles. The summed E-state index contributed by atoms with van der Waals surface area (Å²) in [6.07, 6.45) is 3.25. The van der Waals surface area contributed by atoms with E-state index in [1.807, 2.05) is 0 Å². The zero-order chi connectivity index (χ0) is 12.4. The van der Waals surface area contributed by atoms with E-state index in [-0.39, 0.29) is 6.10 Å². The standard InChI is InChI=1S/C16H24O/c1-11(2)14-6-4-13(5-7-14)10-16(17)12(3)15-8-9-15/h4-7,11-12,15-17H,8-10H2,1-3H3. The van der Waals surface area contributed by atoms with E-state index in [1.165, 1.54) is 24.0 Å². The second kappa shape index (κ2) is 5.22. The summed E-state index contributed by atoms with van der Waals surface area (Å²) in [5.74, 6) is 1.82. The van der Waals surface area contributed by atoms with Gasteiger partial charge in [-0.05, 0) is 48.1 Å². The van der Waals surface area contributed by atoms with Gasteiger partial charge in [0.1, 0.15) is 0 Å². The van der Waals surface area contributed by atoms with Crippen LogP contribution >= 0.6 is 0 Å². The third kappa shape index (κ3) is 3.32. The van der Waals surface area contributed by atoms with Crippen molar-refractivity contribution < 1.29 is 5.11 Å². The smallest absolute Gasteiger partial charge is 0.0608 e. The zero-order valence-electron chi connectivity index (χ0n) is 11.2. The maximum atomic E-state index is 10.2. The first-order chi connectivity index (χ1) is 8.08. The molecule has 94 valence electrons. The minimum absolute atomic E-state index is 0.174. The molecule has 0 bridgehead atoms. The van der Waals surface area contributed by atoms with Crippen LogP contribution in [-0.4, -0.2) is 11.2 Å². The predicted octanol–water partition coefficient (Wildman–Crippen LogP) is 3.76. The van der Waals surface area contributed by atoms with E-state index < -0.39 is 0 Å². The molecule has 0 aromatic heterocycles. The van der Waals surface area contributed by atoms with Crippen molar-refractivity contribution in [3.05, 3.63) is 35.4 Å². The molecule has 1 nitrogen and oxygen atoms in total. The lowest BCUT2D eigenvalue weighted by molar-refractivity contribution is 0.105. The van der Waals surface area contributed by atoms with E-state index in [0.29, 0.717) is 11.8 Å². The molecule has 1 heteroatoms. The van der Waals surface area contributed by atoms with E-state index in [4.69, 9.17) is 0 Å². The Morgan fingerprint density at radius 1 is 1.12 bits per heavy atom. The van der Waals surface area contributed by atoms with Crippen molar-refractivity contribution in [1.29, 1.82) is 0 Å². The van der Waals surface area contributed by atoms with Crippen molar-refractivity contribution in [2.45, 2.75) is 52.1 Å². The third-order valence-electron chi connectivity index (χ3n) is 4.06. The van der Waals surface area contributed by atoms with Gasteiger partial charge in [0.25, 0.3) is 0 Å². The van der Waals surface area contributed by atoms with E-state index >= 15 is 0 Å². The van der Waals surface area contributed by atoms with Crippen LogP contribution in [-0.2, 0) is 6.42 Å². The minimum atomic E-state index is -0.174. The van der Waals surface area contributed by atoms with Gasteiger partial charge >= 0.3 is 0 Å². The lowest BCUT2D eigenvalue weighted by Gasteiger charge is -2.18. The Morgan fingerprint density at radius 3 is 2.18 bits per heavy atom. The lowest BCUT2D eigenvalue weighted by Crippen LogP contribution is -2.21. The number of rotatable bonds is 5. The molecule has 1 aliphatic carbocycles. The van der Waals surface area contributed by atoms with Gasteiger partial charge in [-0.25, -0.2) is 0 Å². The van der Waals surface area contributed by atoms with E-state index in [2.05, 4.69) is 45.0 Å². The van der Waals surface area contributed by atoms with Crippen LogP contribution in [0.25, 0.3) is 0 Å². The van der Waals surface area contributed by atoms with Gasteiger partial charge in [-0.1, -0.05) is 45.0 Å². The molecule has 0 spiro atoms. The molecule has 0 heterocycles. The van der Waals surface area contributed by atoms with Crippen LogP contribution in [0.15, 0.2) is 24.3 Å². The molecular weight excluding hydrogens is 208 g/mol. The molecule has 1 aliphatic rings. The van der Waals surface area contributed by atoms with Crippen LogP contribution < -0.4 is 0 Å². The van der Waals surface area contributed by atoms with Crippen LogP contribution in [0.3, 0.4) is 0 Å². The number of benzene rings is 1. The van der Waals surface area contributed by atoms with Crippen molar-refractivity contribution >= 4 is 0 Å². The normalized spacial score (nSPS) is 19.4. The van der Waals surface area contributed by atoms with Crippen LogP contribution in [0.1, 0.15) is 50.7 Å². The Kier molecular flexibility index (Phi) is 3.88. The third-order valence-corrected chi connectivity index (χ3v) is 4.06. The molecule has 0 saturated heterocycles. The molecule has 0 radical (unpaired) electrons. The van der Waals surface area contributed by atoms with Gasteiger partial charge in [0.05, 0.1) is 6.10 Å². The Morgan fingerprint density at radius 2 is 1.71 bits per heavy atom. The largest absolute Gasteiger partial charge is 0.392 e. The summed E-state index contributed by atoms with van der Waals surface area (Å²) in [6, 6.07) is 8.71. The highest BCUT2D eigenvalue weighted by Gasteiger charge is 2.32. The molecule has 2 atom stereocenters. The highest BCUT2D eigenvalue weighted by molar-refractivity contribution is 5.25. The predicted molar refractivity (Wildman–Crippen MR) is 72.1 cm³/mol. The maximum Gasteiger partial charge on any atom is 0.0608 e. The quantitative estimate of drug-likeness (QED) is 0.819. The number of hydrogen-bond acceptors (Lipinski definition) is 1. The number of hydrogen-bond donors (Lipinski definition) is 1. The number of aliphatic hydroxyl groups excluding tert-OH is 1. The summed E-state index contributed by atoms with van der Waals surface area (Å²) >= 11 is 0. The molecule has 17 heavy (non-hydrogen) atoms. The Hall–Kier alpha value is -0.820. The summed E-state index contributed by atoms with van der Waals surface area (Å²) in [5, 5.41) is 10.2. The average Bonchev–Trinajstić information content (AvgIpc) is 3.12. The van der Waals surface area contributed by atoms with Crippen molar-refractivity contribution in [2.24, 2.45) is 11.8 Å². The highest BCUT2D eigenvalue weighted by Crippen LogP contribution is 2.38. The van der Waals surface area contributed by atoms with Gasteiger partial charge in [0.2, 0.25) is 0 Å². The summed E-state index contributed by atoms with van der Waals surface area (Å²) in [4.78, 5) is 0. The second-order valence-electron chi connectivity index (χ2n) is 5.86. The maximum absolute atomic E-state index is 10.2. The molecule has 2 unspecified atom stereocenters. The van der Waals surface area contributed by atoms with Crippen LogP contribution in [0.5, 0.6) is 0 Å². The van der Waals surface area contributed by atoms with Crippen molar-refractivity contribution in [3.8, 4) is 0 Å². The molecule has 0 amide bonds. The van der Waals surface area contributed by atoms with E-state index in [9.17, 15) is 5.11 Å². The first-order valence-corrected chi connectivity index (χ1v) is 6.85. The molecule has 1 fully saturated rings. The Bertz CT molecular complexity index is 348. The molecular formula is C16H24O. The molecule has 1 N–H and O–H groups in total. The van der Waals surface area contributed by atoms with Gasteiger partial charge in [-0.3, -0.25) is 0 Å². The van der Waals surface area contributed by atoms with Gasteiger partial charge in [0.15, 0.2) is 0 Å². The topological polar surface area (TPSA) is 20.2 Å². The summed E-state index contributed by atoms with van der Waals surface area (Å²) in [5.41, 5.74) is 2.63. The lowest BCUT2D eigenvalue weighted by atomic mass is 9.93. The summed E-state index contributed by atoms with van der Waals surface area (Å²) in [6.45, 7) is 6.60. The molecule has 2 rings (SSSR count). The molecule has 0 aliphatic heterocycles. The fourth-order valence-corrected chi connectivity index (χ4v) is 2.40. The van der Waals surface area contributed by atoms with Crippen molar-refractivity contribution in [1.82, 2.24) is 0 Å². The molecule has 1 saturated carbocycles. The summed E-state index contributed by atoms with van der Waals surface area (Å²) in [7, 11) is 0.